The zero-order valence-electron chi connectivity index (χ0n) is 10.4. The predicted molar refractivity (Wildman–Crippen MR) is 70.6 cm³/mol. The van der Waals surface area contributed by atoms with Gasteiger partial charge in [0.15, 0.2) is 5.12 Å². The first kappa shape index (κ1) is 17.1. The van der Waals surface area contributed by atoms with Crippen molar-refractivity contribution in [1.82, 2.24) is 0 Å². The van der Waals surface area contributed by atoms with Crippen LogP contribution >= 0.6 is 22.1 Å². The molecule has 0 radical (unpaired) electrons. The van der Waals surface area contributed by atoms with E-state index in [1.54, 1.807) is 0 Å². The smallest absolute Gasteiger partial charge is 0.288 e. The highest BCUT2D eigenvalue weighted by molar-refractivity contribution is 8.32. The van der Waals surface area contributed by atoms with Crippen molar-refractivity contribution in [3.63, 3.8) is 0 Å². The van der Waals surface area contributed by atoms with Crippen molar-refractivity contribution in [2.75, 3.05) is 17.8 Å². The summed E-state index contributed by atoms with van der Waals surface area (Å²) in [6.07, 6.45) is 2.41. The fourth-order valence-electron chi connectivity index (χ4n) is 1.68. The average molecular weight is 340 g/mol. The van der Waals surface area contributed by atoms with Gasteiger partial charge in [-0.2, -0.15) is 21.6 Å². The van der Waals surface area contributed by atoms with Crippen molar-refractivity contribution in [3.8, 4) is 0 Å². The Balaban J connectivity index is 2.65. The van der Waals surface area contributed by atoms with Crippen molar-refractivity contribution in [1.29, 1.82) is 0 Å². The number of alkyl halides is 3. The highest BCUT2D eigenvalue weighted by Gasteiger charge is 2.50. The van der Waals surface area contributed by atoms with Crippen LogP contribution in [0.3, 0.4) is 0 Å². The zero-order valence-corrected chi connectivity index (χ0v) is 12.8. The first-order chi connectivity index (χ1) is 8.45. The third-order valence-corrected chi connectivity index (χ3v) is 8.55. The van der Waals surface area contributed by atoms with Crippen LogP contribution < -0.4 is 0 Å². The number of thioether (sulfide) groups is 1. The Morgan fingerprint density at radius 2 is 1.79 bits per heavy atom. The summed E-state index contributed by atoms with van der Waals surface area (Å²) < 4.78 is 63.2. The van der Waals surface area contributed by atoms with E-state index in [9.17, 15) is 26.4 Å². The Labute approximate surface area is 116 Å². The summed E-state index contributed by atoms with van der Waals surface area (Å²) in [6, 6.07) is 0. The molecule has 0 aromatic rings. The maximum atomic E-state index is 12.3. The lowest BCUT2D eigenvalue weighted by atomic mass is 10.2. The van der Waals surface area contributed by atoms with E-state index in [1.807, 2.05) is 0 Å². The standard InChI is InChI=1S/C9H15F3O4S3/c1-7(13)17-8-3-5-18(2,6-4-8)16-19(14,15)9(10,11)12/h8H,3-6H2,1-2H3. The van der Waals surface area contributed by atoms with Crippen LogP contribution in [0, 0.1) is 0 Å². The van der Waals surface area contributed by atoms with Crippen LogP contribution in [-0.4, -0.2) is 42.1 Å². The van der Waals surface area contributed by atoms with Crippen molar-refractivity contribution >= 4 is 37.3 Å². The van der Waals surface area contributed by atoms with Gasteiger partial charge in [0.05, 0.1) is 0 Å². The van der Waals surface area contributed by atoms with Crippen molar-refractivity contribution < 1.29 is 30.0 Å². The number of carbonyl (C=O) groups is 1. The summed E-state index contributed by atoms with van der Waals surface area (Å²) in [6.45, 7) is 1.43. The molecule has 10 heteroatoms. The molecule has 0 atom stereocenters. The topological polar surface area (TPSA) is 60.4 Å². The van der Waals surface area contributed by atoms with Crippen molar-refractivity contribution in [2.45, 2.75) is 30.5 Å². The van der Waals surface area contributed by atoms with E-state index in [-0.39, 0.29) is 21.9 Å². The Kier molecular flexibility index (Phi) is 5.25. The molecule has 0 bridgehead atoms. The van der Waals surface area contributed by atoms with Crippen molar-refractivity contribution in [2.24, 2.45) is 0 Å². The van der Waals surface area contributed by atoms with E-state index in [4.69, 9.17) is 0 Å². The summed E-state index contributed by atoms with van der Waals surface area (Å²) in [4.78, 5) is 10.9. The molecule has 0 saturated carbocycles. The minimum absolute atomic E-state index is 0.0373. The number of hydrogen-bond donors (Lipinski definition) is 0. The molecule has 0 aliphatic carbocycles. The van der Waals surface area contributed by atoms with Gasteiger partial charge in [-0.05, 0) is 19.1 Å². The summed E-state index contributed by atoms with van der Waals surface area (Å²) in [7, 11) is -7.82. The van der Waals surface area contributed by atoms with Gasteiger partial charge >= 0.3 is 15.6 Å². The molecule has 0 spiro atoms. The van der Waals surface area contributed by atoms with Crippen LogP contribution in [0.25, 0.3) is 0 Å². The average Bonchev–Trinajstić information content (AvgIpc) is 2.18. The molecule has 4 nitrogen and oxygen atoms in total. The second-order valence-electron chi connectivity index (χ2n) is 4.37. The van der Waals surface area contributed by atoms with Crippen LogP contribution in [0.4, 0.5) is 13.2 Å². The normalized spacial score (nSPS) is 32.6. The summed E-state index contributed by atoms with van der Waals surface area (Å²) in [5, 5.41) is -0.0114. The molecule has 0 aromatic heterocycles. The van der Waals surface area contributed by atoms with Gasteiger partial charge in [-0.1, -0.05) is 11.8 Å². The van der Waals surface area contributed by atoms with E-state index in [0.717, 1.165) is 11.8 Å². The molecule has 1 fully saturated rings. The Morgan fingerprint density at radius 1 is 1.32 bits per heavy atom. The molecule has 1 aliphatic rings. The summed E-state index contributed by atoms with van der Waals surface area (Å²) in [5.41, 5.74) is -5.38. The maximum absolute atomic E-state index is 12.3. The molecule has 0 N–H and O–H groups in total. The molecule has 19 heavy (non-hydrogen) atoms. The fraction of sp³-hybridized carbons (Fsp3) is 0.889. The quantitative estimate of drug-likeness (QED) is 0.739. The Hall–Kier alpha value is 0.0700. The molecular weight excluding hydrogens is 325 g/mol. The van der Waals surface area contributed by atoms with Crippen LogP contribution in [0.15, 0.2) is 0 Å². The lowest BCUT2D eigenvalue weighted by molar-refractivity contribution is -0.109. The van der Waals surface area contributed by atoms with E-state index in [2.05, 4.69) is 3.63 Å². The molecule has 0 aromatic carbocycles. The van der Waals surface area contributed by atoms with Crippen LogP contribution in [0.2, 0.25) is 0 Å². The Morgan fingerprint density at radius 3 is 2.16 bits per heavy atom. The first-order valence-corrected chi connectivity index (χ1v) is 9.98. The van der Waals surface area contributed by atoms with Gasteiger partial charge in [0.1, 0.15) is 0 Å². The first-order valence-electron chi connectivity index (χ1n) is 5.38. The van der Waals surface area contributed by atoms with E-state index in [1.165, 1.54) is 13.2 Å². The molecule has 1 aliphatic heterocycles. The van der Waals surface area contributed by atoms with Gasteiger partial charge < -0.3 is 0 Å². The van der Waals surface area contributed by atoms with Crippen molar-refractivity contribution in [3.05, 3.63) is 0 Å². The number of halogens is 3. The maximum Gasteiger partial charge on any atom is 0.523 e. The number of hydrogen-bond acceptors (Lipinski definition) is 5. The second kappa shape index (κ2) is 5.82. The molecule has 0 unspecified atom stereocenters. The molecule has 1 heterocycles. The molecule has 1 rings (SSSR count). The van der Waals surface area contributed by atoms with Gasteiger partial charge in [0, 0.05) is 23.7 Å². The van der Waals surface area contributed by atoms with Gasteiger partial charge in [0.2, 0.25) is 0 Å². The van der Waals surface area contributed by atoms with E-state index in [0.29, 0.717) is 12.8 Å². The van der Waals surface area contributed by atoms with E-state index < -0.39 is 25.9 Å². The van der Waals surface area contributed by atoms with Crippen LogP contribution in [0.1, 0.15) is 19.8 Å². The largest absolute Gasteiger partial charge is 0.523 e. The fourth-order valence-corrected chi connectivity index (χ4v) is 7.28. The number of carbonyl (C=O) groups excluding carboxylic acids is 1. The molecular formula is C9H15F3O4S3. The van der Waals surface area contributed by atoms with Gasteiger partial charge in [-0.15, -0.1) is 10.3 Å². The highest BCUT2D eigenvalue weighted by Crippen LogP contribution is 2.54. The SMILES string of the molecule is CC(=O)SC1CCS(C)(OS(=O)(=O)C(F)(F)F)CC1. The van der Waals surface area contributed by atoms with Crippen LogP contribution in [0.5, 0.6) is 0 Å². The third-order valence-electron chi connectivity index (χ3n) is 2.61. The Bertz CT molecular complexity index is 438. The molecule has 1 saturated heterocycles. The monoisotopic (exact) mass is 340 g/mol. The van der Waals surface area contributed by atoms with E-state index >= 15 is 0 Å². The zero-order chi connectivity index (χ0) is 14.9. The number of rotatable bonds is 3. The summed E-state index contributed by atoms with van der Waals surface area (Å²) >= 11 is 1.15. The minimum atomic E-state index is -5.53. The minimum Gasteiger partial charge on any atom is -0.288 e. The lowest BCUT2D eigenvalue weighted by Crippen LogP contribution is -2.31. The van der Waals surface area contributed by atoms with Crippen LogP contribution in [-0.2, 0) is 18.5 Å². The summed E-state index contributed by atoms with van der Waals surface area (Å²) in [5.74, 6) is 0.514. The lowest BCUT2D eigenvalue weighted by Gasteiger charge is -2.40. The molecule has 114 valence electrons. The second-order valence-corrected chi connectivity index (χ2v) is 10.9. The van der Waals surface area contributed by atoms with Gasteiger partial charge in [-0.25, -0.2) is 3.63 Å². The molecule has 0 amide bonds. The van der Waals surface area contributed by atoms with Gasteiger partial charge in [0.25, 0.3) is 0 Å². The predicted octanol–water partition coefficient (Wildman–Crippen LogP) is 2.64. The van der Waals surface area contributed by atoms with Gasteiger partial charge in [-0.3, -0.25) is 4.79 Å². The highest BCUT2D eigenvalue weighted by atomic mass is 32.3. The third kappa shape index (κ3) is 4.83.